The lowest BCUT2D eigenvalue weighted by Crippen LogP contribution is -2.62. The van der Waals surface area contributed by atoms with Crippen LogP contribution < -0.4 is 0 Å². The van der Waals surface area contributed by atoms with Crippen LogP contribution in [-0.2, 0) is 9.53 Å². The molecule has 4 fully saturated rings. The second-order valence-electron chi connectivity index (χ2n) is 8.05. The molecular weight excluding hydrogens is 390 g/mol. The molecule has 3 aliphatic heterocycles. The third-order valence-electron chi connectivity index (χ3n) is 6.05. The van der Waals surface area contributed by atoms with E-state index in [0.29, 0.717) is 25.0 Å². The van der Waals surface area contributed by atoms with Crippen LogP contribution in [0.25, 0.3) is 0 Å². The van der Waals surface area contributed by atoms with Gasteiger partial charge in [-0.3, -0.25) is 4.79 Å². The molecule has 1 aliphatic carbocycles. The van der Waals surface area contributed by atoms with Gasteiger partial charge in [0, 0.05) is 49.1 Å². The molecule has 0 unspecified atom stereocenters. The fourth-order valence-electron chi connectivity index (χ4n) is 4.62. The molecule has 0 radical (unpaired) electrons. The number of hydrogen-bond donors (Lipinski definition) is 0. The standard InChI is InChI=1S/C21H31N3O2S2/c1-3-23(4-2)27-18-5-7-19(8-6-18)28-24-15-17-13-21(14-17,16-24)20(25)22-9-11-26-12-10-22/h5-8,17H,3-4,9-16H2,1-2H3. The fraction of sp³-hybridized carbons (Fsp3) is 0.667. The van der Waals surface area contributed by atoms with Gasteiger partial charge >= 0.3 is 0 Å². The van der Waals surface area contributed by atoms with Gasteiger partial charge in [0.2, 0.25) is 5.91 Å². The van der Waals surface area contributed by atoms with Gasteiger partial charge in [-0.15, -0.1) is 0 Å². The summed E-state index contributed by atoms with van der Waals surface area (Å²) in [6, 6.07) is 8.86. The van der Waals surface area contributed by atoms with Crippen molar-refractivity contribution in [1.82, 2.24) is 13.5 Å². The molecule has 3 saturated heterocycles. The first-order valence-electron chi connectivity index (χ1n) is 10.4. The highest BCUT2D eigenvalue weighted by atomic mass is 32.2. The van der Waals surface area contributed by atoms with Crippen molar-refractivity contribution >= 4 is 29.8 Å². The minimum absolute atomic E-state index is 0.147. The quantitative estimate of drug-likeness (QED) is 0.626. The molecule has 0 atom stereocenters. The summed E-state index contributed by atoms with van der Waals surface area (Å²) >= 11 is 3.64. The van der Waals surface area contributed by atoms with Crippen LogP contribution in [0, 0.1) is 11.3 Å². The van der Waals surface area contributed by atoms with E-state index in [1.54, 1.807) is 0 Å². The average molecular weight is 422 g/mol. The van der Waals surface area contributed by atoms with Gasteiger partial charge in [0.1, 0.15) is 0 Å². The van der Waals surface area contributed by atoms with E-state index in [-0.39, 0.29) is 5.41 Å². The zero-order valence-corrected chi connectivity index (χ0v) is 18.6. The molecule has 1 aromatic carbocycles. The number of benzene rings is 1. The van der Waals surface area contributed by atoms with E-state index in [1.165, 1.54) is 9.79 Å². The van der Waals surface area contributed by atoms with E-state index in [0.717, 1.165) is 52.1 Å². The highest BCUT2D eigenvalue weighted by molar-refractivity contribution is 7.97. The first-order valence-corrected chi connectivity index (χ1v) is 12.0. The molecule has 1 saturated carbocycles. The van der Waals surface area contributed by atoms with E-state index in [4.69, 9.17) is 4.74 Å². The Morgan fingerprint density at radius 1 is 1.14 bits per heavy atom. The minimum Gasteiger partial charge on any atom is -0.378 e. The topological polar surface area (TPSA) is 36.0 Å². The molecule has 1 aromatic rings. The van der Waals surface area contributed by atoms with Crippen LogP contribution in [0.2, 0.25) is 0 Å². The number of morpholine rings is 1. The maximum atomic E-state index is 13.1. The molecule has 0 N–H and O–H groups in total. The van der Waals surface area contributed by atoms with E-state index in [1.807, 2.05) is 28.8 Å². The summed E-state index contributed by atoms with van der Waals surface area (Å²) in [5.74, 6) is 1.03. The molecule has 154 valence electrons. The van der Waals surface area contributed by atoms with E-state index >= 15 is 0 Å². The Morgan fingerprint density at radius 3 is 2.43 bits per heavy atom. The number of ether oxygens (including phenoxy) is 1. The SMILES string of the molecule is CCN(CC)Sc1ccc(SN2CC3CC(C(=O)N4CCOCC4)(C3)C2)cc1. The molecule has 5 nitrogen and oxygen atoms in total. The maximum absolute atomic E-state index is 13.1. The first kappa shape index (κ1) is 20.5. The number of nitrogens with zero attached hydrogens (tertiary/aromatic N) is 3. The maximum Gasteiger partial charge on any atom is 0.230 e. The van der Waals surface area contributed by atoms with Gasteiger partial charge in [0.15, 0.2) is 0 Å². The smallest absolute Gasteiger partial charge is 0.230 e. The summed E-state index contributed by atoms with van der Waals surface area (Å²) in [6.07, 6.45) is 2.14. The number of fused-ring (bicyclic) bond motifs is 2. The summed E-state index contributed by atoms with van der Waals surface area (Å²) in [7, 11) is 0. The van der Waals surface area contributed by atoms with E-state index in [9.17, 15) is 4.79 Å². The molecule has 3 heterocycles. The van der Waals surface area contributed by atoms with Gasteiger partial charge in [-0.25, -0.2) is 8.61 Å². The van der Waals surface area contributed by atoms with E-state index in [2.05, 4.69) is 46.7 Å². The lowest BCUT2D eigenvalue weighted by molar-refractivity contribution is -0.161. The second-order valence-corrected chi connectivity index (χ2v) is 10.4. The molecule has 7 heteroatoms. The highest BCUT2D eigenvalue weighted by Crippen LogP contribution is 2.53. The molecule has 2 bridgehead atoms. The van der Waals surface area contributed by atoms with Crippen LogP contribution in [0.15, 0.2) is 34.1 Å². The summed E-state index contributed by atoms with van der Waals surface area (Å²) in [5, 5.41) is 0. The van der Waals surface area contributed by atoms with Crippen molar-refractivity contribution in [2.45, 2.75) is 36.5 Å². The Kier molecular flexibility index (Phi) is 6.57. The van der Waals surface area contributed by atoms with Crippen molar-refractivity contribution in [2.24, 2.45) is 11.3 Å². The van der Waals surface area contributed by atoms with Crippen LogP contribution >= 0.6 is 23.9 Å². The summed E-state index contributed by atoms with van der Waals surface area (Å²) < 4.78 is 10.2. The van der Waals surface area contributed by atoms with Crippen molar-refractivity contribution in [3.05, 3.63) is 24.3 Å². The fourth-order valence-corrected chi connectivity index (χ4v) is 6.59. The number of piperidine rings is 2. The van der Waals surface area contributed by atoms with Crippen LogP contribution in [-0.4, -0.2) is 71.9 Å². The van der Waals surface area contributed by atoms with Crippen molar-refractivity contribution in [3.63, 3.8) is 0 Å². The summed E-state index contributed by atoms with van der Waals surface area (Å²) in [6.45, 7) is 11.3. The van der Waals surface area contributed by atoms with Gasteiger partial charge in [-0.05, 0) is 66.9 Å². The molecule has 1 amide bonds. The number of carbonyl (C=O) groups is 1. The van der Waals surface area contributed by atoms with Gasteiger partial charge in [0.25, 0.3) is 0 Å². The van der Waals surface area contributed by atoms with E-state index < -0.39 is 0 Å². The van der Waals surface area contributed by atoms with Gasteiger partial charge in [-0.1, -0.05) is 13.8 Å². The third kappa shape index (κ3) is 4.38. The molecule has 5 rings (SSSR count). The Bertz CT molecular complexity index is 669. The van der Waals surface area contributed by atoms with Crippen LogP contribution in [0.3, 0.4) is 0 Å². The molecule has 0 spiro atoms. The van der Waals surface area contributed by atoms with Gasteiger partial charge < -0.3 is 9.64 Å². The summed E-state index contributed by atoms with van der Waals surface area (Å²) in [5.41, 5.74) is -0.147. The number of amides is 1. The second kappa shape index (κ2) is 8.96. The number of carbonyl (C=O) groups excluding carboxylic acids is 1. The zero-order chi connectivity index (χ0) is 19.6. The monoisotopic (exact) mass is 421 g/mol. The average Bonchev–Trinajstić information content (AvgIpc) is 2.72. The summed E-state index contributed by atoms with van der Waals surface area (Å²) in [4.78, 5) is 17.7. The van der Waals surface area contributed by atoms with Crippen molar-refractivity contribution < 1.29 is 9.53 Å². The minimum atomic E-state index is -0.147. The Hall–Kier alpha value is -0.730. The van der Waals surface area contributed by atoms with Crippen LogP contribution in [0.1, 0.15) is 26.7 Å². The predicted octanol–water partition coefficient (Wildman–Crippen LogP) is 3.61. The Balaban J connectivity index is 1.35. The lowest BCUT2D eigenvalue weighted by Gasteiger charge is -2.56. The first-order chi connectivity index (χ1) is 13.6. The normalized spacial score (nSPS) is 27.7. The molecule has 4 aliphatic rings. The molecular formula is C21H31N3O2S2. The predicted molar refractivity (Wildman–Crippen MR) is 115 cm³/mol. The number of hydrogen-bond acceptors (Lipinski definition) is 6. The highest BCUT2D eigenvalue weighted by Gasteiger charge is 2.56. The van der Waals surface area contributed by atoms with Crippen molar-refractivity contribution in [1.29, 1.82) is 0 Å². The largest absolute Gasteiger partial charge is 0.378 e. The van der Waals surface area contributed by atoms with Crippen molar-refractivity contribution in [3.8, 4) is 0 Å². The Morgan fingerprint density at radius 2 is 1.79 bits per heavy atom. The van der Waals surface area contributed by atoms with Crippen molar-refractivity contribution in [2.75, 3.05) is 52.5 Å². The molecule has 0 aromatic heterocycles. The zero-order valence-electron chi connectivity index (χ0n) is 16.9. The van der Waals surface area contributed by atoms with Crippen LogP contribution in [0.4, 0.5) is 0 Å². The molecule has 28 heavy (non-hydrogen) atoms. The van der Waals surface area contributed by atoms with Crippen LogP contribution in [0.5, 0.6) is 0 Å². The van der Waals surface area contributed by atoms with Gasteiger partial charge in [-0.2, -0.15) is 0 Å². The van der Waals surface area contributed by atoms with Gasteiger partial charge in [0.05, 0.1) is 18.6 Å². The number of rotatable bonds is 7. The lowest BCUT2D eigenvalue weighted by atomic mass is 9.58. The Labute approximate surface area is 177 Å². The third-order valence-corrected chi connectivity index (χ3v) is 8.33.